The van der Waals surface area contributed by atoms with Gasteiger partial charge < -0.3 is 0 Å². The van der Waals surface area contributed by atoms with Gasteiger partial charge in [-0.25, -0.2) is 9.97 Å². The van der Waals surface area contributed by atoms with Crippen molar-refractivity contribution < 1.29 is 4.79 Å². The van der Waals surface area contributed by atoms with Crippen molar-refractivity contribution in [2.24, 2.45) is 0 Å². The Hall–Kier alpha value is -2.51. The van der Waals surface area contributed by atoms with Crippen LogP contribution >= 0.6 is 22.7 Å². The number of hydrazine groups is 1. The van der Waals surface area contributed by atoms with Crippen LogP contribution in [0.5, 0.6) is 0 Å². The van der Waals surface area contributed by atoms with Gasteiger partial charge in [-0.2, -0.15) is 0 Å². The van der Waals surface area contributed by atoms with E-state index in [1.54, 1.807) is 0 Å². The van der Waals surface area contributed by atoms with E-state index < -0.39 is 0 Å². The van der Waals surface area contributed by atoms with Gasteiger partial charge in [0, 0.05) is 0 Å². The lowest BCUT2D eigenvalue weighted by Gasteiger charge is -2.02. The third-order valence-electron chi connectivity index (χ3n) is 3.32. The first-order chi connectivity index (χ1) is 11.2. The molecule has 4 rings (SSSR count). The number of amides is 1. The van der Waals surface area contributed by atoms with Gasteiger partial charge in [0.2, 0.25) is 5.13 Å². The molecule has 0 spiro atoms. The van der Waals surface area contributed by atoms with Gasteiger partial charge in [0.15, 0.2) is 5.01 Å². The molecule has 2 aromatic heterocycles. The maximum absolute atomic E-state index is 12.2. The summed E-state index contributed by atoms with van der Waals surface area (Å²) in [5.74, 6) is -0.262. The van der Waals surface area contributed by atoms with Crippen LogP contribution < -0.4 is 10.9 Å². The maximum Gasteiger partial charge on any atom is 0.298 e. The second kappa shape index (κ2) is 5.60. The number of hydrogen-bond donors (Lipinski definition) is 2. The Kier molecular flexibility index (Phi) is 3.44. The number of rotatable bonds is 3. The van der Waals surface area contributed by atoms with Crippen LogP contribution in [0.4, 0.5) is 5.13 Å². The van der Waals surface area contributed by atoms with Crippen molar-refractivity contribution in [3.63, 3.8) is 0 Å². The van der Waals surface area contributed by atoms with Crippen molar-refractivity contribution in [1.29, 1.82) is 0 Å². The standard InChI is InChI=1S/C16H12N4OS2/c1-9-6-7-11-13(8-9)23-16(18-11)20-19-14(21)15-17-10-4-2-3-5-12(10)22-15/h2-8H,1H3,(H,18,20)(H,19,21). The summed E-state index contributed by atoms with van der Waals surface area (Å²) in [7, 11) is 0. The predicted octanol–water partition coefficient (Wildman–Crippen LogP) is 3.97. The molecule has 0 aliphatic carbocycles. The van der Waals surface area contributed by atoms with Crippen molar-refractivity contribution in [1.82, 2.24) is 15.4 Å². The summed E-state index contributed by atoms with van der Waals surface area (Å²) in [6.45, 7) is 2.04. The van der Waals surface area contributed by atoms with Crippen LogP contribution in [0.15, 0.2) is 42.5 Å². The molecule has 114 valence electrons. The summed E-state index contributed by atoms with van der Waals surface area (Å²) in [6.07, 6.45) is 0. The number of aromatic nitrogens is 2. The number of carbonyl (C=O) groups is 1. The fraction of sp³-hybridized carbons (Fsp3) is 0.0625. The Morgan fingerprint density at radius 1 is 1.00 bits per heavy atom. The zero-order chi connectivity index (χ0) is 15.8. The van der Waals surface area contributed by atoms with Gasteiger partial charge in [0.1, 0.15) is 0 Å². The quantitative estimate of drug-likeness (QED) is 0.554. The summed E-state index contributed by atoms with van der Waals surface area (Å²) < 4.78 is 2.08. The molecule has 7 heteroatoms. The number of fused-ring (bicyclic) bond motifs is 2. The molecule has 0 saturated carbocycles. The molecule has 0 saturated heterocycles. The first-order valence-corrected chi connectivity index (χ1v) is 8.61. The number of benzene rings is 2. The number of thiazole rings is 2. The van der Waals surface area contributed by atoms with Crippen molar-refractivity contribution in [3.8, 4) is 0 Å². The van der Waals surface area contributed by atoms with Crippen molar-refractivity contribution in [3.05, 3.63) is 53.0 Å². The van der Waals surface area contributed by atoms with Gasteiger partial charge >= 0.3 is 0 Å². The van der Waals surface area contributed by atoms with E-state index in [4.69, 9.17) is 0 Å². The fourth-order valence-corrected chi connectivity index (χ4v) is 4.00. The average Bonchev–Trinajstić information content (AvgIpc) is 3.15. The highest BCUT2D eigenvalue weighted by Gasteiger charge is 2.12. The first-order valence-electron chi connectivity index (χ1n) is 6.98. The van der Waals surface area contributed by atoms with E-state index in [9.17, 15) is 4.79 Å². The predicted molar refractivity (Wildman–Crippen MR) is 95.1 cm³/mol. The van der Waals surface area contributed by atoms with E-state index in [1.165, 1.54) is 28.2 Å². The summed E-state index contributed by atoms with van der Waals surface area (Å²) in [6, 6.07) is 13.8. The second-order valence-corrected chi connectivity index (χ2v) is 7.12. The Balaban J connectivity index is 1.51. The zero-order valence-electron chi connectivity index (χ0n) is 12.2. The van der Waals surface area contributed by atoms with Crippen LogP contribution in [0, 0.1) is 6.92 Å². The Bertz CT molecular complexity index is 988. The number of aryl methyl sites for hydroxylation is 1. The van der Waals surface area contributed by atoms with Gasteiger partial charge in [-0.3, -0.25) is 15.6 Å². The molecule has 2 aromatic carbocycles. The summed E-state index contributed by atoms with van der Waals surface area (Å²) in [5.41, 5.74) is 8.46. The van der Waals surface area contributed by atoms with Gasteiger partial charge in [0.25, 0.3) is 5.91 Å². The molecule has 0 unspecified atom stereocenters. The molecule has 0 fully saturated rings. The van der Waals surface area contributed by atoms with Crippen LogP contribution in [-0.4, -0.2) is 15.9 Å². The Morgan fingerprint density at radius 3 is 2.70 bits per heavy atom. The number of hydrogen-bond acceptors (Lipinski definition) is 6. The molecule has 23 heavy (non-hydrogen) atoms. The maximum atomic E-state index is 12.2. The van der Waals surface area contributed by atoms with E-state index in [2.05, 4.69) is 26.9 Å². The molecule has 4 aromatic rings. The van der Waals surface area contributed by atoms with Crippen LogP contribution in [-0.2, 0) is 0 Å². The Morgan fingerprint density at radius 2 is 1.83 bits per heavy atom. The molecule has 5 nitrogen and oxygen atoms in total. The SMILES string of the molecule is Cc1ccc2nc(NNC(=O)c3nc4ccccc4s3)sc2c1. The number of nitrogens with zero attached hydrogens (tertiary/aromatic N) is 2. The minimum Gasteiger partial charge on any atom is -0.273 e. The van der Waals surface area contributed by atoms with Gasteiger partial charge in [0.05, 0.1) is 20.4 Å². The highest BCUT2D eigenvalue weighted by Crippen LogP contribution is 2.26. The van der Waals surface area contributed by atoms with Gasteiger partial charge in [-0.1, -0.05) is 29.5 Å². The molecule has 0 atom stereocenters. The van der Waals surface area contributed by atoms with Crippen molar-refractivity contribution in [2.75, 3.05) is 5.43 Å². The van der Waals surface area contributed by atoms with Crippen molar-refractivity contribution >= 4 is 54.1 Å². The number of para-hydroxylation sites is 1. The molecular formula is C16H12N4OS2. The largest absolute Gasteiger partial charge is 0.298 e. The van der Waals surface area contributed by atoms with E-state index in [1.807, 2.05) is 43.3 Å². The molecule has 1 amide bonds. The summed E-state index contributed by atoms with van der Waals surface area (Å²) >= 11 is 2.87. The number of anilines is 1. The number of carbonyl (C=O) groups excluding carboxylic acids is 1. The summed E-state index contributed by atoms with van der Waals surface area (Å²) in [5, 5.41) is 1.08. The minimum atomic E-state index is -0.262. The summed E-state index contributed by atoms with van der Waals surface area (Å²) in [4.78, 5) is 21.0. The van der Waals surface area contributed by atoms with Crippen LogP contribution in [0.1, 0.15) is 15.4 Å². The second-order valence-electron chi connectivity index (χ2n) is 5.06. The normalized spacial score (nSPS) is 11.0. The number of nitrogens with one attached hydrogen (secondary N) is 2. The van der Waals surface area contributed by atoms with E-state index in [0.717, 1.165) is 20.4 Å². The topological polar surface area (TPSA) is 66.9 Å². The van der Waals surface area contributed by atoms with Crippen LogP contribution in [0.2, 0.25) is 0 Å². The molecule has 0 aliphatic heterocycles. The lowest BCUT2D eigenvalue weighted by atomic mass is 10.2. The monoisotopic (exact) mass is 340 g/mol. The van der Waals surface area contributed by atoms with Gasteiger partial charge in [-0.05, 0) is 36.8 Å². The molecule has 0 aliphatic rings. The highest BCUT2D eigenvalue weighted by atomic mass is 32.1. The molecule has 0 bridgehead atoms. The van der Waals surface area contributed by atoms with Gasteiger partial charge in [-0.15, -0.1) is 11.3 Å². The molecular weight excluding hydrogens is 328 g/mol. The van der Waals surface area contributed by atoms with E-state index in [0.29, 0.717) is 10.1 Å². The lowest BCUT2D eigenvalue weighted by molar-refractivity contribution is 0.0962. The van der Waals surface area contributed by atoms with Crippen LogP contribution in [0.25, 0.3) is 20.4 Å². The Labute approximate surface area is 140 Å². The highest BCUT2D eigenvalue weighted by molar-refractivity contribution is 7.22. The smallest absolute Gasteiger partial charge is 0.273 e. The van der Waals surface area contributed by atoms with Crippen LogP contribution in [0.3, 0.4) is 0 Å². The fourth-order valence-electron chi connectivity index (χ4n) is 2.22. The van der Waals surface area contributed by atoms with E-state index in [-0.39, 0.29) is 5.91 Å². The minimum absolute atomic E-state index is 0.262. The first kappa shape index (κ1) is 14.1. The molecule has 2 heterocycles. The third kappa shape index (κ3) is 2.76. The van der Waals surface area contributed by atoms with E-state index >= 15 is 0 Å². The molecule has 0 radical (unpaired) electrons. The average molecular weight is 340 g/mol. The molecule has 2 N–H and O–H groups in total. The zero-order valence-corrected chi connectivity index (χ0v) is 13.8. The lowest BCUT2D eigenvalue weighted by Crippen LogP contribution is -2.29. The third-order valence-corrected chi connectivity index (χ3v) is 5.28. The van der Waals surface area contributed by atoms with Crippen molar-refractivity contribution in [2.45, 2.75) is 6.92 Å².